The minimum Gasteiger partial charge on any atom is -0.282 e. The van der Waals surface area contributed by atoms with Gasteiger partial charge in [0.2, 0.25) is 0 Å². The molecule has 3 nitrogen and oxygen atoms in total. The highest BCUT2D eigenvalue weighted by Crippen LogP contribution is 2.32. The Labute approximate surface area is 150 Å². The number of hydrogen-bond acceptors (Lipinski definition) is 3. The summed E-state index contributed by atoms with van der Waals surface area (Å²) in [5.74, 6) is 1.50. The maximum atomic E-state index is 11.1. The summed E-state index contributed by atoms with van der Waals surface area (Å²) in [4.78, 5) is -0.0588. The van der Waals surface area contributed by atoms with Crippen molar-refractivity contribution in [3.05, 3.63) is 65.2 Å². The Morgan fingerprint density at radius 1 is 1.00 bits per heavy atom. The summed E-state index contributed by atoms with van der Waals surface area (Å²) in [7, 11) is -4.13. The molecule has 24 heavy (non-hydrogen) atoms. The fourth-order valence-corrected chi connectivity index (χ4v) is 3.66. The predicted molar refractivity (Wildman–Crippen MR) is 101 cm³/mol. The number of thiol groups is 1. The Kier molecular flexibility index (Phi) is 6.49. The van der Waals surface area contributed by atoms with E-state index in [1.54, 1.807) is 12.1 Å². The first-order valence-corrected chi connectivity index (χ1v) is 10.2. The molecule has 0 aliphatic heterocycles. The first-order chi connectivity index (χ1) is 11.3. The maximum Gasteiger partial charge on any atom is 0.294 e. The van der Waals surface area contributed by atoms with Crippen molar-refractivity contribution in [3.8, 4) is 0 Å². The largest absolute Gasteiger partial charge is 0.294 e. The predicted octanol–water partition coefficient (Wildman–Crippen LogP) is 5.05. The van der Waals surface area contributed by atoms with E-state index in [4.69, 9.17) is 4.55 Å². The zero-order chi connectivity index (χ0) is 17.7. The van der Waals surface area contributed by atoms with Gasteiger partial charge in [0.05, 0.1) is 4.90 Å². The normalized spacial score (nSPS) is 14.3. The molecule has 0 heterocycles. The van der Waals surface area contributed by atoms with Crippen molar-refractivity contribution in [2.24, 2.45) is 0 Å². The molecular weight excluding hydrogens is 340 g/mol. The Morgan fingerprint density at radius 3 is 2.00 bits per heavy atom. The fourth-order valence-electron chi connectivity index (χ4n) is 2.96. The molecule has 2 rings (SSSR count). The van der Waals surface area contributed by atoms with Gasteiger partial charge < -0.3 is 0 Å². The first-order valence-electron chi connectivity index (χ1n) is 8.12. The maximum absolute atomic E-state index is 11.1. The topological polar surface area (TPSA) is 54.4 Å². The van der Waals surface area contributed by atoms with Crippen LogP contribution in [0.1, 0.15) is 55.2 Å². The molecule has 130 valence electrons. The van der Waals surface area contributed by atoms with Crippen LogP contribution in [0.25, 0.3) is 0 Å². The van der Waals surface area contributed by atoms with Gasteiger partial charge in [-0.25, -0.2) is 0 Å². The van der Waals surface area contributed by atoms with Crippen molar-refractivity contribution < 1.29 is 13.0 Å². The van der Waals surface area contributed by atoms with Gasteiger partial charge in [-0.15, -0.1) is 0 Å². The number of rotatable bonds is 7. The summed E-state index contributed by atoms with van der Waals surface area (Å²) >= 11 is 4.28. The van der Waals surface area contributed by atoms with E-state index in [-0.39, 0.29) is 4.90 Å². The molecule has 0 fully saturated rings. The van der Waals surface area contributed by atoms with Crippen LogP contribution in [-0.4, -0.2) is 13.0 Å². The Bertz CT molecular complexity index is 750. The Hall–Kier alpha value is -1.30. The molecule has 2 unspecified atom stereocenters. The van der Waals surface area contributed by atoms with Gasteiger partial charge in [0.1, 0.15) is 0 Å². The van der Waals surface area contributed by atoms with E-state index in [0.717, 1.165) is 24.2 Å². The van der Waals surface area contributed by atoms with E-state index in [1.165, 1.54) is 23.3 Å². The average Bonchev–Trinajstić information content (AvgIpc) is 2.59. The summed E-state index contributed by atoms with van der Waals surface area (Å²) in [6.45, 7) is 4.35. The molecule has 0 aromatic heterocycles. The lowest BCUT2D eigenvalue weighted by molar-refractivity contribution is 0.483. The lowest BCUT2D eigenvalue weighted by Gasteiger charge is -2.21. The molecule has 0 saturated heterocycles. The summed E-state index contributed by atoms with van der Waals surface area (Å²) < 4.78 is 31.4. The van der Waals surface area contributed by atoms with Gasteiger partial charge in [0, 0.05) is 5.75 Å². The smallest absolute Gasteiger partial charge is 0.282 e. The van der Waals surface area contributed by atoms with Gasteiger partial charge >= 0.3 is 0 Å². The highest BCUT2D eigenvalue weighted by molar-refractivity contribution is 7.85. The molecule has 0 radical (unpaired) electrons. The van der Waals surface area contributed by atoms with E-state index in [2.05, 4.69) is 50.7 Å². The van der Waals surface area contributed by atoms with E-state index in [0.29, 0.717) is 11.8 Å². The van der Waals surface area contributed by atoms with Crippen molar-refractivity contribution in [2.75, 3.05) is 0 Å². The molecule has 0 amide bonds. The van der Waals surface area contributed by atoms with Crippen molar-refractivity contribution in [3.63, 3.8) is 0 Å². The Balaban J connectivity index is 2.13. The second-order valence-corrected chi connectivity index (χ2v) is 7.92. The fraction of sp³-hybridized carbons (Fsp3) is 0.368. The van der Waals surface area contributed by atoms with E-state index in [1.807, 2.05) is 0 Å². The molecule has 0 bridgehead atoms. The van der Waals surface area contributed by atoms with Crippen LogP contribution in [0.2, 0.25) is 0 Å². The minimum atomic E-state index is -4.13. The zero-order valence-electron chi connectivity index (χ0n) is 14.0. The third-order valence-electron chi connectivity index (χ3n) is 4.51. The van der Waals surface area contributed by atoms with Gasteiger partial charge in [-0.2, -0.15) is 21.0 Å². The SMILES string of the molecule is CCC(CC(C)c1ccc(CS)cc1)c1ccc(S(=O)(=O)O)cc1. The van der Waals surface area contributed by atoms with Gasteiger partial charge in [-0.1, -0.05) is 50.2 Å². The van der Waals surface area contributed by atoms with Crippen LogP contribution in [-0.2, 0) is 15.9 Å². The van der Waals surface area contributed by atoms with Crippen LogP contribution >= 0.6 is 12.6 Å². The van der Waals surface area contributed by atoms with Gasteiger partial charge in [-0.05, 0) is 53.5 Å². The lowest BCUT2D eigenvalue weighted by Crippen LogP contribution is -2.05. The summed E-state index contributed by atoms with van der Waals surface area (Å²) in [6, 6.07) is 15.1. The molecule has 1 N–H and O–H groups in total. The van der Waals surface area contributed by atoms with Crippen LogP contribution in [0.15, 0.2) is 53.4 Å². The van der Waals surface area contributed by atoms with Crippen LogP contribution in [0.5, 0.6) is 0 Å². The lowest BCUT2D eigenvalue weighted by atomic mass is 9.84. The first kappa shape index (κ1) is 19.0. The standard InChI is InChI=1S/C19H24O3S2/c1-3-16(18-8-10-19(11-9-18)24(20,21)22)12-14(2)17-6-4-15(13-23)5-7-17/h4-11,14,16,23H,3,12-13H2,1-2H3,(H,20,21,22). The molecule has 0 spiro atoms. The molecule has 0 aliphatic carbocycles. The van der Waals surface area contributed by atoms with Crippen molar-refractivity contribution in [2.45, 2.75) is 49.2 Å². The van der Waals surface area contributed by atoms with Gasteiger partial charge in [0.15, 0.2) is 0 Å². The van der Waals surface area contributed by atoms with E-state index >= 15 is 0 Å². The molecular formula is C19H24O3S2. The van der Waals surface area contributed by atoms with Crippen LogP contribution in [0, 0.1) is 0 Å². The van der Waals surface area contributed by atoms with Crippen molar-refractivity contribution >= 4 is 22.7 Å². The second-order valence-electron chi connectivity index (χ2n) is 6.19. The summed E-state index contributed by atoms with van der Waals surface area (Å²) in [6.07, 6.45) is 1.96. The van der Waals surface area contributed by atoms with E-state index < -0.39 is 10.1 Å². The number of benzene rings is 2. The van der Waals surface area contributed by atoms with Crippen LogP contribution in [0.3, 0.4) is 0 Å². The van der Waals surface area contributed by atoms with Gasteiger partial charge in [0.25, 0.3) is 10.1 Å². The van der Waals surface area contributed by atoms with E-state index in [9.17, 15) is 8.42 Å². The summed E-state index contributed by atoms with van der Waals surface area (Å²) in [5.41, 5.74) is 3.61. The van der Waals surface area contributed by atoms with Crippen molar-refractivity contribution in [1.29, 1.82) is 0 Å². The quantitative estimate of drug-likeness (QED) is 0.534. The third-order valence-corrected chi connectivity index (χ3v) is 5.74. The van der Waals surface area contributed by atoms with Crippen LogP contribution < -0.4 is 0 Å². The highest BCUT2D eigenvalue weighted by atomic mass is 32.2. The average molecular weight is 365 g/mol. The minimum absolute atomic E-state index is 0.0588. The molecule has 2 atom stereocenters. The molecule has 2 aromatic rings. The second kappa shape index (κ2) is 8.19. The monoisotopic (exact) mass is 364 g/mol. The van der Waals surface area contributed by atoms with Crippen molar-refractivity contribution in [1.82, 2.24) is 0 Å². The summed E-state index contributed by atoms with van der Waals surface area (Å²) in [5, 5.41) is 0. The number of hydrogen-bond donors (Lipinski definition) is 2. The van der Waals surface area contributed by atoms with Crippen LogP contribution in [0.4, 0.5) is 0 Å². The molecule has 0 aliphatic rings. The molecule has 2 aromatic carbocycles. The zero-order valence-corrected chi connectivity index (χ0v) is 15.7. The Morgan fingerprint density at radius 2 is 1.54 bits per heavy atom. The highest BCUT2D eigenvalue weighted by Gasteiger charge is 2.16. The third kappa shape index (κ3) is 4.85. The van der Waals surface area contributed by atoms with Gasteiger partial charge in [-0.3, -0.25) is 4.55 Å². The molecule has 0 saturated carbocycles. The molecule has 5 heteroatoms.